The van der Waals surface area contributed by atoms with Crippen LogP contribution in [-0.4, -0.2) is 76.3 Å². The van der Waals surface area contributed by atoms with Gasteiger partial charge in [-0.3, -0.25) is 4.90 Å². The van der Waals surface area contributed by atoms with Crippen molar-refractivity contribution in [3.8, 4) is 6.07 Å². The highest BCUT2D eigenvalue weighted by Gasteiger charge is 2.19. The van der Waals surface area contributed by atoms with Gasteiger partial charge < -0.3 is 20.0 Å². The van der Waals surface area contributed by atoms with Gasteiger partial charge in [0, 0.05) is 69.4 Å². The van der Waals surface area contributed by atoms with Crippen LogP contribution in [0.2, 0.25) is 0 Å². The molecule has 0 amide bonds. The number of nitrogens with one attached hydrogen (secondary N) is 1. The summed E-state index contributed by atoms with van der Waals surface area (Å²) in [6.07, 6.45) is 3.72. The standard InChI is InChI=1S/C27H38N6/c1-30(2)13-5-12-29-25-7-6-23(21-28)24(20-25)22-31-16-18-33(19-17-31)27-10-8-26(9-11-27)32-14-3-4-15-32/h6-11,20,29H,3-5,12-19,22H2,1-2H3. The van der Waals surface area contributed by atoms with Gasteiger partial charge in [-0.2, -0.15) is 5.26 Å². The predicted molar refractivity (Wildman–Crippen MR) is 138 cm³/mol. The first-order valence-corrected chi connectivity index (χ1v) is 12.4. The average Bonchev–Trinajstić information content (AvgIpc) is 3.38. The fourth-order valence-corrected chi connectivity index (χ4v) is 4.83. The van der Waals surface area contributed by atoms with E-state index < -0.39 is 0 Å². The molecule has 6 heteroatoms. The first-order valence-electron chi connectivity index (χ1n) is 12.4. The Morgan fingerprint density at radius 2 is 1.52 bits per heavy atom. The van der Waals surface area contributed by atoms with Crippen LogP contribution in [0.15, 0.2) is 42.5 Å². The van der Waals surface area contributed by atoms with Gasteiger partial charge in [0.1, 0.15) is 0 Å². The topological polar surface area (TPSA) is 48.8 Å². The summed E-state index contributed by atoms with van der Waals surface area (Å²) in [6.45, 7) is 9.29. The second-order valence-corrected chi connectivity index (χ2v) is 9.54. The Morgan fingerprint density at radius 3 is 2.12 bits per heavy atom. The molecule has 0 spiro atoms. The molecule has 176 valence electrons. The second kappa shape index (κ2) is 11.4. The van der Waals surface area contributed by atoms with Crippen LogP contribution in [0.1, 0.15) is 30.4 Å². The lowest BCUT2D eigenvalue weighted by Crippen LogP contribution is -2.46. The first-order chi connectivity index (χ1) is 16.1. The van der Waals surface area contributed by atoms with E-state index in [1.165, 1.54) is 37.3 Å². The van der Waals surface area contributed by atoms with Gasteiger partial charge in [-0.1, -0.05) is 0 Å². The Kier molecular flexibility index (Phi) is 8.09. The molecule has 2 aromatic rings. The number of nitriles is 1. The molecule has 2 aliphatic rings. The van der Waals surface area contributed by atoms with E-state index in [0.29, 0.717) is 0 Å². The fourth-order valence-electron chi connectivity index (χ4n) is 4.83. The summed E-state index contributed by atoms with van der Waals surface area (Å²) in [5, 5.41) is 13.1. The number of benzene rings is 2. The summed E-state index contributed by atoms with van der Waals surface area (Å²) in [5.41, 5.74) is 5.69. The molecule has 4 rings (SSSR count). The first kappa shape index (κ1) is 23.4. The lowest BCUT2D eigenvalue weighted by molar-refractivity contribution is 0.249. The fraction of sp³-hybridized carbons (Fsp3) is 0.519. The third-order valence-electron chi connectivity index (χ3n) is 6.79. The van der Waals surface area contributed by atoms with E-state index in [9.17, 15) is 5.26 Å². The molecule has 0 bridgehead atoms. The zero-order valence-corrected chi connectivity index (χ0v) is 20.3. The molecule has 2 aliphatic heterocycles. The number of hydrogen-bond acceptors (Lipinski definition) is 6. The molecule has 0 atom stereocenters. The van der Waals surface area contributed by atoms with Crippen molar-refractivity contribution in [2.45, 2.75) is 25.8 Å². The molecule has 33 heavy (non-hydrogen) atoms. The number of hydrogen-bond donors (Lipinski definition) is 1. The van der Waals surface area contributed by atoms with Gasteiger partial charge in [-0.15, -0.1) is 0 Å². The molecular formula is C27H38N6. The summed E-state index contributed by atoms with van der Waals surface area (Å²) < 4.78 is 0. The largest absolute Gasteiger partial charge is 0.385 e. The molecule has 6 nitrogen and oxygen atoms in total. The average molecular weight is 447 g/mol. The van der Waals surface area contributed by atoms with E-state index in [-0.39, 0.29) is 0 Å². The predicted octanol–water partition coefficient (Wildman–Crippen LogP) is 3.84. The molecule has 0 aromatic heterocycles. The van der Waals surface area contributed by atoms with Gasteiger partial charge in [0.15, 0.2) is 0 Å². The molecule has 0 radical (unpaired) electrons. The summed E-state index contributed by atoms with van der Waals surface area (Å²) in [5.74, 6) is 0. The highest BCUT2D eigenvalue weighted by atomic mass is 15.3. The van der Waals surface area contributed by atoms with E-state index in [1.54, 1.807) is 0 Å². The number of rotatable bonds is 9. The van der Waals surface area contributed by atoms with E-state index in [1.807, 2.05) is 12.1 Å². The molecule has 2 aromatic carbocycles. The van der Waals surface area contributed by atoms with Crippen LogP contribution < -0.4 is 15.1 Å². The van der Waals surface area contributed by atoms with Crippen molar-refractivity contribution >= 4 is 17.1 Å². The number of anilines is 3. The van der Waals surface area contributed by atoms with Gasteiger partial charge in [-0.25, -0.2) is 0 Å². The van der Waals surface area contributed by atoms with Crippen molar-refractivity contribution in [1.29, 1.82) is 5.26 Å². The van der Waals surface area contributed by atoms with Crippen molar-refractivity contribution in [3.05, 3.63) is 53.6 Å². The normalized spacial score (nSPS) is 16.9. The monoisotopic (exact) mass is 446 g/mol. The van der Waals surface area contributed by atoms with Crippen LogP contribution in [0.3, 0.4) is 0 Å². The Morgan fingerprint density at radius 1 is 0.879 bits per heavy atom. The van der Waals surface area contributed by atoms with E-state index in [4.69, 9.17) is 0 Å². The Hall–Kier alpha value is -2.75. The molecule has 0 aliphatic carbocycles. The van der Waals surface area contributed by atoms with E-state index >= 15 is 0 Å². The summed E-state index contributed by atoms with van der Waals surface area (Å²) in [4.78, 5) is 9.65. The molecule has 2 saturated heterocycles. The maximum atomic E-state index is 9.60. The van der Waals surface area contributed by atoms with Crippen molar-refractivity contribution in [3.63, 3.8) is 0 Å². The van der Waals surface area contributed by atoms with Gasteiger partial charge in [0.2, 0.25) is 0 Å². The van der Waals surface area contributed by atoms with Gasteiger partial charge in [-0.05, 0) is 87.9 Å². The minimum atomic E-state index is 0.786. The van der Waals surface area contributed by atoms with Crippen LogP contribution >= 0.6 is 0 Å². The van der Waals surface area contributed by atoms with Crippen molar-refractivity contribution < 1.29 is 0 Å². The lowest BCUT2D eigenvalue weighted by atomic mass is 10.1. The van der Waals surface area contributed by atoms with Crippen molar-refractivity contribution in [1.82, 2.24) is 9.80 Å². The smallest absolute Gasteiger partial charge is 0.0995 e. The van der Waals surface area contributed by atoms with E-state index in [2.05, 4.69) is 75.4 Å². The highest BCUT2D eigenvalue weighted by molar-refractivity contribution is 5.57. The van der Waals surface area contributed by atoms with Gasteiger partial charge in [0.25, 0.3) is 0 Å². The molecule has 2 fully saturated rings. The molecule has 0 saturated carbocycles. The summed E-state index contributed by atoms with van der Waals surface area (Å²) >= 11 is 0. The quantitative estimate of drug-likeness (QED) is 0.591. The molecule has 0 unspecified atom stereocenters. The Bertz CT molecular complexity index is 919. The lowest BCUT2D eigenvalue weighted by Gasteiger charge is -2.36. The van der Waals surface area contributed by atoms with Gasteiger partial charge in [0.05, 0.1) is 11.6 Å². The third-order valence-corrected chi connectivity index (χ3v) is 6.79. The maximum absolute atomic E-state index is 9.60. The molecule has 1 N–H and O–H groups in total. The zero-order chi connectivity index (χ0) is 23.0. The van der Waals surface area contributed by atoms with Gasteiger partial charge >= 0.3 is 0 Å². The third kappa shape index (κ3) is 6.40. The Labute approximate surface area is 199 Å². The SMILES string of the molecule is CN(C)CCCNc1ccc(C#N)c(CN2CCN(c3ccc(N4CCCC4)cc3)CC2)c1. The van der Waals surface area contributed by atoms with Crippen LogP contribution in [0, 0.1) is 11.3 Å². The minimum absolute atomic E-state index is 0.786. The van der Waals surface area contributed by atoms with Crippen LogP contribution in [0.4, 0.5) is 17.1 Å². The second-order valence-electron chi connectivity index (χ2n) is 9.54. The van der Waals surface area contributed by atoms with Crippen LogP contribution in [0.5, 0.6) is 0 Å². The molecule has 2 heterocycles. The number of piperazine rings is 1. The van der Waals surface area contributed by atoms with Crippen molar-refractivity contribution in [2.75, 3.05) is 81.6 Å². The summed E-state index contributed by atoms with van der Waals surface area (Å²) in [6, 6.07) is 17.7. The minimum Gasteiger partial charge on any atom is -0.385 e. The maximum Gasteiger partial charge on any atom is 0.0995 e. The molecular weight excluding hydrogens is 408 g/mol. The Balaban J connectivity index is 1.30. The van der Waals surface area contributed by atoms with Crippen LogP contribution in [0.25, 0.3) is 0 Å². The van der Waals surface area contributed by atoms with E-state index in [0.717, 1.165) is 69.0 Å². The van der Waals surface area contributed by atoms with Crippen molar-refractivity contribution in [2.24, 2.45) is 0 Å². The summed E-state index contributed by atoms with van der Waals surface area (Å²) in [7, 11) is 4.20. The highest BCUT2D eigenvalue weighted by Crippen LogP contribution is 2.25. The zero-order valence-electron chi connectivity index (χ0n) is 20.3. The van der Waals surface area contributed by atoms with Crippen LogP contribution in [-0.2, 0) is 6.54 Å². The number of nitrogens with zero attached hydrogens (tertiary/aromatic N) is 5.